The van der Waals surface area contributed by atoms with Gasteiger partial charge in [0.25, 0.3) is 0 Å². The van der Waals surface area contributed by atoms with Crippen LogP contribution < -0.4 is 5.32 Å². The Balaban J connectivity index is 2.23. The molecule has 2 rings (SSSR count). The van der Waals surface area contributed by atoms with E-state index in [2.05, 4.69) is 5.32 Å². The summed E-state index contributed by atoms with van der Waals surface area (Å²) in [5.41, 5.74) is 1.71. The summed E-state index contributed by atoms with van der Waals surface area (Å²) in [6.45, 7) is 3.60. The lowest BCUT2D eigenvalue weighted by Gasteiger charge is -2.18. The molecule has 0 amide bonds. The molecule has 1 unspecified atom stereocenters. The zero-order valence-corrected chi connectivity index (χ0v) is 12.6. The summed E-state index contributed by atoms with van der Waals surface area (Å²) in [6, 6.07) is 11.3. The van der Waals surface area contributed by atoms with Crippen molar-refractivity contribution in [3.05, 3.63) is 70.2 Å². The van der Waals surface area contributed by atoms with Crippen molar-refractivity contribution in [2.75, 3.05) is 13.1 Å². The van der Waals surface area contributed by atoms with Gasteiger partial charge in [-0.15, -0.1) is 0 Å². The molecular formula is C17H18ClF2N. The minimum atomic E-state index is -0.543. The Morgan fingerprint density at radius 2 is 1.81 bits per heavy atom. The third-order valence-corrected chi connectivity index (χ3v) is 3.60. The number of halogens is 3. The maximum atomic E-state index is 13.3. The fourth-order valence-electron chi connectivity index (χ4n) is 2.40. The predicted molar refractivity (Wildman–Crippen MR) is 82.8 cm³/mol. The van der Waals surface area contributed by atoms with Gasteiger partial charge in [-0.1, -0.05) is 30.7 Å². The van der Waals surface area contributed by atoms with Crippen molar-refractivity contribution in [2.45, 2.75) is 19.3 Å². The van der Waals surface area contributed by atoms with Gasteiger partial charge in [0.2, 0.25) is 0 Å². The summed E-state index contributed by atoms with van der Waals surface area (Å²) in [4.78, 5) is 0. The Bertz CT molecular complexity index is 581. The van der Waals surface area contributed by atoms with E-state index < -0.39 is 11.6 Å². The SMILES string of the molecule is CCNCC(Cc1cc(F)cc(F)c1)c1cccc(Cl)c1. The van der Waals surface area contributed by atoms with Crippen LogP contribution in [-0.2, 0) is 6.42 Å². The zero-order valence-electron chi connectivity index (χ0n) is 11.9. The minimum absolute atomic E-state index is 0.116. The topological polar surface area (TPSA) is 12.0 Å². The van der Waals surface area contributed by atoms with E-state index in [-0.39, 0.29) is 5.92 Å². The van der Waals surface area contributed by atoms with E-state index in [1.807, 2.05) is 31.2 Å². The van der Waals surface area contributed by atoms with Gasteiger partial charge >= 0.3 is 0 Å². The summed E-state index contributed by atoms with van der Waals surface area (Å²) >= 11 is 6.04. The maximum Gasteiger partial charge on any atom is 0.126 e. The fraction of sp³-hybridized carbons (Fsp3) is 0.294. The highest BCUT2D eigenvalue weighted by Gasteiger charge is 2.14. The van der Waals surface area contributed by atoms with Gasteiger partial charge in [-0.25, -0.2) is 8.78 Å². The van der Waals surface area contributed by atoms with Crippen LogP contribution in [0, 0.1) is 11.6 Å². The lowest BCUT2D eigenvalue weighted by atomic mass is 9.91. The summed E-state index contributed by atoms with van der Waals surface area (Å²) in [7, 11) is 0. The third kappa shape index (κ3) is 4.80. The molecule has 0 heterocycles. The lowest BCUT2D eigenvalue weighted by molar-refractivity contribution is 0.566. The van der Waals surface area contributed by atoms with Crippen molar-refractivity contribution in [3.63, 3.8) is 0 Å². The first-order valence-corrected chi connectivity index (χ1v) is 7.37. The van der Waals surface area contributed by atoms with Crippen molar-refractivity contribution in [3.8, 4) is 0 Å². The molecule has 1 atom stereocenters. The van der Waals surface area contributed by atoms with Crippen LogP contribution in [0.1, 0.15) is 24.0 Å². The van der Waals surface area contributed by atoms with E-state index in [0.717, 1.165) is 24.7 Å². The van der Waals surface area contributed by atoms with Crippen LogP contribution in [0.4, 0.5) is 8.78 Å². The van der Waals surface area contributed by atoms with Crippen LogP contribution in [0.2, 0.25) is 5.02 Å². The normalized spacial score (nSPS) is 12.4. The molecule has 112 valence electrons. The average molecular weight is 310 g/mol. The second-order valence-electron chi connectivity index (χ2n) is 5.04. The fourth-order valence-corrected chi connectivity index (χ4v) is 2.60. The van der Waals surface area contributed by atoms with Gasteiger partial charge in [0.05, 0.1) is 0 Å². The molecule has 0 aliphatic carbocycles. The summed E-state index contributed by atoms with van der Waals surface area (Å²) in [6.07, 6.45) is 0.558. The van der Waals surface area contributed by atoms with Crippen molar-refractivity contribution in [1.82, 2.24) is 5.32 Å². The van der Waals surface area contributed by atoms with E-state index in [1.54, 1.807) is 0 Å². The first-order chi connectivity index (χ1) is 10.1. The van der Waals surface area contributed by atoms with E-state index in [9.17, 15) is 8.78 Å². The van der Waals surface area contributed by atoms with Gasteiger partial charge in [-0.2, -0.15) is 0 Å². The molecule has 21 heavy (non-hydrogen) atoms. The van der Waals surface area contributed by atoms with Crippen molar-refractivity contribution >= 4 is 11.6 Å². The lowest BCUT2D eigenvalue weighted by Crippen LogP contribution is -2.22. The van der Waals surface area contributed by atoms with E-state index in [4.69, 9.17) is 11.6 Å². The number of hydrogen-bond donors (Lipinski definition) is 1. The van der Waals surface area contributed by atoms with Crippen molar-refractivity contribution in [1.29, 1.82) is 0 Å². The number of benzene rings is 2. The molecule has 4 heteroatoms. The van der Waals surface area contributed by atoms with Gasteiger partial charge in [0.15, 0.2) is 0 Å². The standard InChI is InChI=1S/C17H18ClF2N/c1-2-21-11-14(13-4-3-5-15(18)9-13)6-12-7-16(19)10-17(20)8-12/h3-5,7-10,14,21H,2,6,11H2,1H3. The molecule has 0 aromatic heterocycles. The van der Waals surface area contributed by atoms with Gasteiger partial charge in [0, 0.05) is 23.6 Å². The molecule has 1 N–H and O–H groups in total. The molecule has 2 aromatic rings. The summed E-state index contributed by atoms with van der Waals surface area (Å²) < 4.78 is 26.6. The van der Waals surface area contributed by atoms with Crippen molar-refractivity contribution in [2.24, 2.45) is 0 Å². The van der Waals surface area contributed by atoms with Crippen LogP contribution in [0.25, 0.3) is 0 Å². The van der Waals surface area contributed by atoms with E-state index in [1.165, 1.54) is 12.1 Å². The maximum absolute atomic E-state index is 13.3. The van der Waals surface area contributed by atoms with Crippen LogP contribution in [-0.4, -0.2) is 13.1 Å². The molecule has 0 fully saturated rings. The predicted octanol–water partition coefficient (Wildman–Crippen LogP) is 4.55. The van der Waals surface area contributed by atoms with Gasteiger partial charge in [-0.3, -0.25) is 0 Å². The molecule has 0 saturated carbocycles. The Labute approximate surface area is 128 Å². The molecule has 0 spiro atoms. The average Bonchev–Trinajstić information content (AvgIpc) is 2.42. The highest BCUT2D eigenvalue weighted by atomic mass is 35.5. The van der Waals surface area contributed by atoms with E-state index in [0.29, 0.717) is 17.0 Å². The third-order valence-electron chi connectivity index (χ3n) is 3.37. The number of likely N-dealkylation sites (N-methyl/N-ethyl adjacent to an activating group) is 1. The molecule has 0 aliphatic rings. The smallest absolute Gasteiger partial charge is 0.126 e. The van der Waals surface area contributed by atoms with E-state index >= 15 is 0 Å². The highest BCUT2D eigenvalue weighted by molar-refractivity contribution is 6.30. The second-order valence-corrected chi connectivity index (χ2v) is 5.48. The molecule has 0 bridgehead atoms. The largest absolute Gasteiger partial charge is 0.316 e. The van der Waals surface area contributed by atoms with Gasteiger partial charge in [-0.05, 0) is 48.4 Å². The molecular weight excluding hydrogens is 292 g/mol. The van der Waals surface area contributed by atoms with Gasteiger partial charge in [0.1, 0.15) is 11.6 Å². The summed E-state index contributed by atoms with van der Waals surface area (Å²) in [5.74, 6) is -0.971. The Hall–Kier alpha value is -1.45. The zero-order chi connectivity index (χ0) is 15.2. The first kappa shape index (κ1) is 15.9. The van der Waals surface area contributed by atoms with Crippen LogP contribution in [0.15, 0.2) is 42.5 Å². The first-order valence-electron chi connectivity index (χ1n) is 6.99. The quantitative estimate of drug-likeness (QED) is 0.825. The van der Waals surface area contributed by atoms with Crippen LogP contribution >= 0.6 is 11.6 Å². The minimum Gasteiger partial charge on any atom is -0.316 e. The molecule has 2 aromatic carbocycles. The number of nitrogens with one attached hydrogen (secondary N) is 1. The Morgan fingerprint density at radius 1 is 1.10 bits per heavy atom. The van der Waals surface area contributed by atoms with Crippen molar-refractivity contribution < 1.29 is 8.78 Å². The monoisotopic (exact) mass is 309 g/mol. The number of hydrogen-bond acceptors (Lipinski definition) is 1. The Kier molecular flexibility index (Phi) is 5.71. The second kappa shape index (κ2) is 7.53. The van der Waals surface area contributed by atoms with Gasteiger partial charge < -0.3 is 5.32 Å². The Morgan fingerprint density at radius 3 is 2.43 bits per heavy atom. The molecule has 0 saturated heterocycles. The molecule has 1 nitrogen and oxygen atoms in total. The summed E-state index contributed by atoms with van der Waals surface area (Å²) in [5, 5.41) is 3.95. The van der Waals surface area contributed by atoms with Crippen LogP contribution in [0.3, 0.4) is 0 Å². The molecule has 0 radical (unpaired) electrons. The highest BCUT2D eigenvalue weighted by Crippen LogP contribution is 2.24. The number of rotatable bonds is 6. The van der Waals surface area contributed by atoms with Crippen LogP contribution in [0.5, 0.6) is 0 Å². The molecule has 0 aliphatic heterocycles.